The van der Waals surface area contributed by atoms with Gasteiger partial charge in [-0.2, -0.15) is 0 Å². The Bertz CT molecular complexity index is 814. The number of rotatable bonds is 4. The number of nitrogens with zero attached hydrogens (tertiary/aromatic N) is 5. The first-order valence-electron chi connectivity index (χ1n) is 9.04. The van der Waals surface area contributed by atoms with Gasteiger partial charge in [-0.3, -0.25) is 14.6 Å². The Labute approximate surface area is 151 Å². The van der Waals surface area contributed by atoms with Crippen molar-refractivity contribution in [2.75, 3.05) is 6.54 Å². The predicted octanol–water partition coefficient (Wildman–Crippen LogP) is 1.10. The zero-order valence-electron chi connectivity index (χ0n) is 14.8. The molecule has 1 unspecified atom stereocenters. The molecule has 0 spiro atoms. The van der Waals surface area contributed by atoms with Gasteiger partial charge in [0.05, 0.1) is 24.4 Å². The van der Waals surface area contributed by atoms with Crippen LogP contribution in [-0.4, -0.2) is 48.8 Å². The molecule has 8 nitrogen and oxygen atoms in total. The Morgan fingerprint density at radius 3 is 2.81 bits per heavy atom. The highest BCUT2D eigenvalue weighted by Crippen LogP contribution is 2.26. The summed E-state index contributed by atoms with van der Waals surface area (Å²) in [6, 6.07) is 0.153. The fraction of sp³-hybridized carbons (Fsp3) is 0.500. The summed E-state index contributed by atoms with van der Waals surface area (Å²) in [5.41, 5.74) is 1.08. The van der Waals surface area contributed by atoms with E-state index in [9.17, 15) is 9.59 Å². The van der Waals surface area contributed by atoms with E-state index in [0.29, 0.717) is 24.8 Å². The number of carbonyl (C=O) groups excluding carboxylic acids is 2. The zero-order valence-corrected chi connectivity index (χ0v) is 14.8. The van der Waals surface area contributed by atoms with Crippen LogP contribution in [-0.2, 0) is 17.8 Å². The van der Waals surface area contributed by atoms with Crippen LogP contribution < -0.4 is 5.32 Å². The predicted molar refractivity (Wildman–Crippen MR) is 93.2 cm³/mol. The molecule has 1 N–H and O–H groups in total. The molecule has 3 heterocycles. The molecule has 2 aromatic heterocycles. The third-order valence-electron chi connectivity index (χ3n) is 5.14. The van der Waals surface area contributed by atoms with Crippen molar-refractivity contribution in [3.63, 3.8) is 0 Å². The second-order valence-electron chi connectivity index (χ2n) is 6.92. The summed E-state index contributed by atoms with van der Waals surface area (Å²) in [5, 5.41) is 3.04. The minimum Gasteiger partial charge on any atom is -0.353 e. The summed E-state index contributed by atoms with van der Waals surface area (Å²) < 4.78 is 2.04. The number of amides is 2. The van der Waals surface area contributed by atoms with Gasteiger partial charge in [-0.05, 0) is 26.2 Å². The maximum Gasteiger partial charge on any atom is 0.274 e. The van der Waals surface area contributed by atoms with Gasteiger partial charge in [0.25, 0.3) is 5.91 Å². The van der Waals surface area contributed by atoms with Crippen molar-refractivity contribution in [2.24, 2.45) is 0 Å². The van der Waals surface area contributed by atoms with E-state index in [1.807, 2.05) is 17.7 Å². The highest BCUT2D eigenvalue weighted by atomic mass is 16.2. The largest absolute Gasteiger partial charge is 0.353 e. The molecule has 2 aromatic rings. The van der Waals surface area contributed by atoms with E-state index in [1.54, 1.807) is 11.1 Å². The lowest BCUT2D eigenvalue weighted by Gasteiger charge is -2.33. The molecular formula is C18H22N6O2. The fourth-order valence-corrected chi connectivity index (χ4v) is 3.46. The summed E-state index contributed by atoms with van der Waals surface area (Å²) in [4.78, 5) is 39.3. The highest BCUT2D eigenvalue weighted by molar-refractivity contribution is 5.92. The maximum atomic E-state index is 12.7. The monoisotopic (exact) mass is 354 g/mol. The van der Waals surface area contributed by atoms with Crippen molar-refractivity contribution in [1.82, 2.24) is 29.7 Å². The van der Waals surface area contributed by atoms with Crippen LogP contribution in [0.1, 0.15) is 54.2 Å². The second kappa shape index (κ2) is 6.86. The van der Waals surface area contributed by atoms with E-state index in [2.05, 4.69) is 20.3 Å². The first kappa shape index (κ1) is 16.7. The van der Waals surface area contributed by atoms with Crippen LogP contribution in [0.15, 0.2) is 24.8 Å². The molecule has 136 valence electrons. The molecule has 0 radical (unpaired) electrons. The topological polar surface area (TPSA) is 93.0 Å². The van der Waals surface area contributed by atoms with Gasteiger partial charge >= 0.3 is 0 Å². The van der Waals surface area contributed by atoms with E-state index >= 15 is 0 Å². The van der Waals surface area contributed by atoms with E-state index in [1.165, 1.54) is 18.8 Å². The number of hydrogen-bond donors (Lipinski definition) is 1. The van der Waals surface area contributed by atoms with Crippen LogP contribution in [0, 0.1) is 0 Å². The number of nitrogens with one attached hydrogen (secondary N) is 1. The summed E-state index contributed by atoms with van der Waals surface area (Å²) in [7, 11) is 0. The van der Waals surface area contributed by atoms with Gasteiger partial charge in [-0.25, -0.2) is 9.97 Å². The Hall–Kier alpha value is -2.77. The smallest absolute Gasteiger partial charge is 0.274 e. The van der Waals surface area contributed by atoms with Crippen LogP contribution >= 0.6 is 0 Å². The van der Waals surface area contributed by atoms with Gasteiger partial charge < -0.3 is 14.8 Å². The van der Waals surface area contributed by atoms with Crippen molar-refractivity contribution in [3.05, 3.63) is 42.0 Å². The van der Waals surface area contributed by atoms with Crippen molar-refractivity contribution in [1.29, 1.82) is 0 Å². The molecule has 0 bridgehead atoms. The van der Waals surface area contributed by atoms with Crippen molar-refractivity contribution in [2.45, 2.75) is 51.2 Å². The average Bonchev–Trinajstić information content (AvgIpc) is 3.02. The van der Waals surface area contributed by atoms with Crippen LogP contribution in [0.3, 0.4) is 0 Å². The number of aromatic nitrogens is 4. The Kier molecular flexibility index (Phi) is 4.40. The third-order valence-corrected chi connectivity index (χ3v) is 5.14. The molecule has 0 aromatic carbocycles. The van der Waals surface area contributed by atoms with Crippen LogP contribution in [0.25, 0.3) is 0 Å². The summed E-state index contributed by atoms with van der Waals surface area (Å²) in [6.45, 7) is 3.18. The molecule has 1 atom stereocenters. The van der Waals surface area contributed by atoms with Gasteiger partial charge in [-0.1, -0.05) is 0 Å². The Morgan fingerprint density at radius 2 is 2.12 bits per heavy atom. The molecule has 26 heavy (non-hydrogen) atoms. The molecule has 2 aliphatic rings. The lowest BCUT2D eigenvalue weighted by atomic mass is 9.93. The number of fused-ring (bicyclic) bond motifs is 1. The first-order valence-corrected chi connectivity index (χ1v) is 9.04. The molecule has 1 aliphatic heterocycles. The van der Waals surface area contributed by atoms with Crippen LogP contribution in [0.2, 0.25) is 0 Å². The summed E-state index contributed by atoms with van der Waals surface area (Å²) in [6.07, 6.45) is 10.1. The fourth-order valence-electron chi connectivity index (χ4n) is 3.46. The normalized spacial score (nSPS) is 19.6. The molecular weight excluding hydrogens is 332 g/mol. The van der Waals surface area contributed by atoms with Crippen molar-refractivity contribution >= 4 is 11.8 Å². The first-order chi connectivity index (χ1) is 12.6. The van der Waals surface area contributed by atoms with Crippen molar-refractivity contribution in [3.8, 4) is 0 Å². The molecule has 2 amide bonds. The van der Waals surface area contributed by atoms with Gasteiger partial charge in [0, 0.05) is 37.7 Å². The van der Waals surface area contributed by atoms with Gasteiger partial charge in [-0.15, -0.1) is 0 Å². The molecule has 1 saturated carbocycles. The standard InChI is InChI=1S/C18H22N6O2/c1-12-17-22-14(9-16(25)21-13-3-2-4-13)11-23(17)7-8-24(12)18(26)15-10-19-5-6-20-15/h5-6,10-13H,2-4,7-9H2,1H3,(H,21,25). The minimum absolute atomic E-state index is 0.0188. The van der Waals surface area contributed by atoms with Gasteiger partial charge in [0.15, 0.2) is 0 Å². The van der Waals surface area contributed by atoms with E-state index < -0.39 is 0 Å². The molecule has 0 saturated heterocycles. The van der Waals surface area contributed by atoms with Gasteiger partial charge in [0.1, 0.15) is 11.5 Å². The third kappa shape index (κ3) is 3.18. The lowest BCUT2D eigenvalue weighted by Crippen LogP contribution is -2.41. The second-order valence-corrected chi connectivity index (χ2v) is 6.92. The number of carbonyl (C=O) groups is 2. The number of imidazole rings is 1. The maximum absolute atomic E-state index is 12.7. The minimum atomic E-state index is -0.179. The summed E-state index contributed by atoms with van der Waals surface area (Å²) in [5.74, 6) is 0.675. The van der Waals surface area contributed by atoms with E-state index in [4.69, 9.17) is 0 Å². The lowest BCUT2D eigenvalue weighted by molar-refractivity contribution is -0.121. The summed E-state index contributed by atoms with van der Waals surface area (Å²) >= 11 is 0. The van der Waals surface area contributed by atoms with Crippen LogP contribution in [0.5, 0.6) is 0 Å². The van der Waals surface area contributed by atoms with Crippen LogP contribution in [0.4, 0.5) is 0 Å². The van der Waals surface area contributed by atoms with Gasteiger partial charge in [0.2, 0.25) is 5.91 Å². The van der Waals surface area contributed by atoms with Crippen molar-refractivity contribution < 1.29 is 9.59 Å². The quantitative estimate of drug-likeness (QED) is 0.887. The zero-order chi connectivity index (χ0) is 18.1. The SMILES string of the molecule is CC1c2nc(CC(=O)NC3CCC3)cn2CCN1C(=O)c1cnccn1. The van der Waals surface area contributed by atoms with E-state index in [0.717, 1.165) is 24.4 Å². The average molecular weight is 354 g/mol. The van der Waals surface area contributed by atoms with E-state index in [-0.39, 0.29) is 24.3 Å². The number of hydrogen-bond acceptors (Lipinski definition) is 5. The molecule has 1 aliphatic carbocycles. The molecule has 4 rings (SSSR count). The molecule has 1 fully saturated rings. The highest BCUT2D eigenvalue weighted by Gasteiger charge is 2.31. The molecule has 8 heteroatoms. The Balaban J connectivity index is 1.46. The Morgan fingerprint density at radius 1 is 1.27 bits per heavy atom.